The van der Waals surface area contributed by atoms with E-state index in [9.17, 15) is 13.2 Å². The van der Waals surface area contributed by atoms with Crippen molar-refractivity contribution in [2.24, 2.45) is 5.92 Å². The van der Waals surface area contributed by atoms with E-state index in [-0.39, 0.29) is 5.82 Å². The van der Waals surface area contributed by atoms with Gasteiger partial charge >= 0.3 is 6.18 Å². The molecule has 20 heavy (non-hydrogen) atoms. The summed E-state index contributed by atoms with van der Waals surface area (Å²) in [6.45, 7) is 5.13. The van der Waals surface area contributed by atoms with Gasteiger partial charge in [0.1, 0.15) is 12.2 Å². The quantitative estimate of drug-likeness (QED) is 0.925. The molecule has 0 saturated heterocycles. The molecule has 1 aliphatic carbocycles. The number of nitrogens with zero attached hydrogens (tertiary/aromatic N) is 2. The van der Waals surface area contributed by atoms with Gasteiger partial charge in [-0.1, -0.05) is 13.8 Å². The first-order valence-corrected chi connectivity index (χ1v) is 6.97. The molecule has 6 heteroatoms. The van der Waals surface area contributed by atoms with Crippen molar-refractivity contribution in [3.63, 3.8) is 0 Å². The van der Waals surface area contributed by atoms with Crippen LogP contribution in [0.1, 0.15) is 37.4 Å². The van der Waals surface area contributed by atoms with E-state index in [4.69, 9.17) is 0 Å². The van der Waals surface area contributed by atoms with Crippen LogP contribution in [0, 0.1) is 5.92 Å². The van der Waals surface area contributed by atoms with Gasteiger partial charge in [-0.25, -0.2) is 9.97 Å². The molecule has 0 aliphatic heterocycles. The maximum Gasteiger partial charge on any atom is 0.396 e. The molecule has 0 amide bonds. The van der Waals surface area contributed by atoms with E-state index < -0.39 is 12.6 Å². The van der Waals surface area contributed by atoms with Gasteiger partial charge in [-0.15, -0.1) is 0 Å². The van der Waals surface area contributed by atoms with Crippen LogP contribution in [0.5, 0.6) is 0 Å². The fourth-order valence-corrected chi connectivity index (χ4v) is 2.47. The summed E-state index contributed by atoms with van der Waals surface area (Å²) in [5, 5.41) is 3.40. The molecular weight excluding hydrogens is 267 g/mol. The van der Waals surface area contributed by atoms with E-state index in [1.807, 2.05) is 0 Å². The summed E-state index contributed by atoms with van der Waals surface area (Å²) >= 11 is 0. The molecule has 1 atom stereocenters. The Hall–Kier alpha value is -1.17. The lowest BCUT2D eigenvalue weighted by Crippen LogP contribution is -2.32. The van der Waals surface area contributed by atoms with Crippen LogP contribution in [-0.2, 0) is 19.3 Å². The average molecular weight is 287 g/mol. The van der Waals surface area contributed by atoms with E-state index in [2.05, 4.69) is 29.1 Å². The highest BCUT2D eigenvalue weighted by atomic mass is 19.4. The summed E-state index contributed by atoms with van der Waals surface area (Å²) in [6.07, 6.45) is -1.15. The van der Waals surface area contributed by atoms with Gasteiger partial charge in [0, 0.05) is 17.9 Å². The number of alkyl halides is 3. The van der Waals surface area contributed by atoms with Crippen LogP contribution < -0.4 is 5.32 Å². The summed E-state index contributed by atoms with van der Waals surface area (Å²) < 4.78 is 37.0. The fourth-order valence-electron chi connectivity index (χ4n) is 2.47. The third-order valence-electron chi connectivity index (χ3n) is 3.48. The largest absolute Gasteiger partial charge is 0.396 e. The zero-order valence-corrected chi connectivity index (χ0v) is 11.8. The lowest BCUT2D eigenvalue weighted by atomic mass is 9.87. The molecule has 0 saturated carbocycles. The molecule has 2 rings (SSSR count). The second-order valence-electron chi connectivity index (χ2n) is 5.72. The summed E-state index contributed by atoms with van der Waals surface area (Å²) in [4.78, 5) is 7.93. The van der Waals surface area contributed by atoms with Crippen molar-refractivity contribution >= 4 is 0 Å². The number of nitrogens with one attached hydrogen (secondary N) is 1. The Bertz CT molecular complexity index is 457. The van der Waals surface area contributed by atoms with Crippen molar-refractivity contribution in [3.05, 3.63) is 23.3 Å². The Morgan fingerprint density at radius 3 is 2.80 bits per heavy atom. The molecule has 112 valence electrons. The molecule has 1 aliphatic rings. The summed E-state index contributed by atoms with van der Waals surface area (Å²) in [6, 6.07) is 0.446. The monoisotopic (exact) mass is 287 g/mol. The first-order chi connectivity index (χ1) is 9.33. The number of halogens is 3. The lowest BCUT2D eigenvalue weighted by Gasteiger charge is -2.25. The summed E-state index contributed by atoms with van der Waals surface area (Å²) in [5.74, 6) is 0.400. The van der Waals surface area contributed by atoms with Crippen LogP contribution in [0.3, 0.4) is 0 Å². The SMILES string of the molecule is CC(C)NCC1CCc2nc(CC(F)(F)F)ncc2C1. The van der Waals surface area contributed by atoms with Crippen molar-refractivity contribution < 1.29 is 13.2 Å². The number of fused-ring (bicyclic) bond motifs is 1. The topological polar surface area (TPSA) is 37.8 Å². The van der Waals surface area contributed by atoms with Crippen molar-refractivity contribution in [2.75, 3.05) is 6.54 Å². The van der Waals surface area contributed by atoms with Gasteiger partial charge in [0.05, 0.1) is 0 Å². The molecule has 1 aromatic rings. The predicted molar refractivity (Wildman–Crippen MR) is 70.4 cm³/mol. The molecule has 0 radical (unpaired) electrons. The van der Waals surface area contributed by atoms with Gasteiger partial charge in [0.25, 0.3) is 0 Å². The Morgan fingerprint density at radius 2 is 2.15 bits per heavy atom. The molecule has 0 aromatic carbocycles. The van der Waals surface area contributed by atoms with Gasteiger partial charge in [0.2, 0.25) is 0 Å². The second kappa shape index (κ2) is 6.08. The first kappa shape index (κ1) is 15.2. The van der Waals surface area contributed by atoms with Crippen LogP contribution in [0.4, 0.5) is 13.2 Å². The molecule has 0 spiro atoms. The number of hydrogen-bond acceptors (Lipinski definition) is 3. The Balaban J connectivity index is 2.00. The Labute approximate surface area is 117 Å². The standard InChI is InChI=1S/C14H20F3N3/c1-9(2)18-7-10-3-4-12-11(5-10)8-19-13(20-12)6-14(15,16)17/h8-10,18H,3-7H2,1-2H3. The van der Waals surface area contributed by atoms with Gasteiger partial charge < -0.3 is 5.32 Å². The van der Waals surface area contributed by atoms with E-state index in [1.54, 1.807) is 6.20 Å². The summed E-state index contributed by atoms with van der Waals surface area (Å²) in [5.41, 5.74) is 1.79. The minimum absolute atomic E-state index is 0.116. The molecule has 3 nitrogen and oxygen atoms in total. The molecule has 1 unspecified atom stereocenters. The Kier molecular flexibility index (Phi) is 4.62. The molecule has 0 bridgehead atoms. The van der Waals surface area contributed by atoms with E-state index in [1.165, 1.54) is 0 Å². The maximum absolute atomic E-state index is 12.3. The van der Waals surface area contributed by atoms with Crippen molar-refractivity contribution in [3.8, 4) is 0 Å². The van der Waals surface area contributed by atoms with Crippen LogP contribution in [0.2, 0.25) is 0 Å². The average Bonchev–Trinajstić information content (AvgIpc) is 2.34. The van der Waals surface area contributed by atoms with Crippen molar-refractivity contribution in [1.82, 2.24) is 15.3 Å². The predicted octanol–water partition coefficient (Wildman–Crippen LogP) is 2.68. The zero-order valence-electron chi connectivity index (χ0n) is 11.8. The Morgan fingerprint density at radius 1 is 1.40 bits per heavy atom. The van der Waals surface area contributed by atoms with Gasteiger partial charge in [-0.3, -0.25) is 0 Å². The zero-order chi connectivity index (χ0) is 14.8. The van der Waals surface area contributed by atoms with Gasteiger partial charge in [-0.2, -0.15) is 13.2 Å². The third kappa shape index (κ3) is 4.44. The minimum atomic E-state index is -4.24. The summed E-state index contributed by atoms with van der Waals surface area (Å²) in [7, 11) is 0. The number of aromatic nitrogens is 2. The van der Waals surface area contributed by atoms with Crippen molar-refractivity contribution in [2.45, 2.75) is 51.7 Å². The minimum Gasteiger partial charge on any atom is -0.314 e. The molecule has 1 heterocycles. The number of hydrogen-bond donors (Lipinski definition) is 1. The molecule has 1 N–H and O–H groups in total. The maximum atomic E-state index is 12.3. The van der Waals surface area contributed by atoms with E-state index in [0.29, 0.717) is 12.0 Å². The normalized spacial score (nSPS) is 19.2. The van der Waals surface area contributed by atoms with Crippen LogP contribution in [0.25, 0.3) is 0 Å². The molecule has 1 aromatic heterocycles. The second-order valence-corrected chi connectivity index (χ2v) is 5.72. The third-order valence-corrected chi connectivity index (χ3v) is 3.48. The highest BCUT2D eigenvalue weighted by molar-refractivity contribution is 5.21. The smallest absolute Gasteiger partial charge is 0.314 e. The lowest BCUT2D eigenvalue weighted by molar-refractivity contribution is -0.128. The van der Waals surface area contributed by atoms with Crippen molar-refractivity contribution in [1.29, 1.82) is 0 Å². The van der Waals surface area contributed by atoms with E-state index >= 15 is 0 Å². The van der Waals surface area contributed by atoms with Crippen LogP contribution >= 0.6 is 0 Å². The highest BCUT2D eigenvalue weighted by Gasteiger charge is 2.30. The first-order valence-electron chi connectivity index (χ1n) is 6.97. The van der Waals surface area contributed by atoms with Gasteiger partial charge in [-0.05, 0) is 37.3 Å². The molecular formula is C14H20F3N3. The number of rotatable bonds is 4. The van der Waals surface area contributed by atoms with Gasteiger partial charge in [0.15, 0.2) is 0 Å². The molecule has 0 fully saturated rings. The van der Waals surface area contributed by atoms with Crippen LogP contribution in [0.15, 0.2) is 6.20 Å². The van der Waals surface area contributed by atoms with E-state index in [0.717, 1.165) is 37.1 Å². The van der Waals surface area contributed by atoms with Crippen LogP contribution in [-0.4, -0.2) is 28.7 Å². The highest BCUT2D eigenvalue weighted by Crippen LogP contribution is 2.25. The fraction of sp³-hybridized carbons (Fsp3) is 0.714. The number of aryl methyl sites for hydroxylation is 1.